The smallest absolute Gasteiger partial charge is 0.251 e. The molecule has 0 unspecified atom stereocenters. The molecule has 0 aliphatic carbocycles. The lowest BCUT2D eigenvalue weighted by molar-refractivity contribution is -0.125. The third-order valence-corrected chi connectivity index (χ3v) is 6.04. The summed E-state index contributed by atoms with van der Waals surface area (Å²) >= 11 is 0. The van der Waals surface area contributed by atoms with Crippen LogP contribution in [-0.4, -0.2) is 55.1 Å². The molecule has 6 nitrogen and oxygen atoms in total. The Morgan fingerprint density at radius 3 is 2.50 bits per heavy atom. The maximum absolute atomic E-state index is 13.7. The molecule has 0 radical (unpaired) electrons. The van der Waals surface area contributed by atoms with Gasteiger partial charge >= 0.3 is 0 Å². The standard InChI is InChI=1S/C22H23F3N4O2.ClH/c23-16-2-1-3-17(13-16)29-14-27-21(31)22(29)6-9-28(10-7-22)11-8-26-20(30)15-4-5-18(24)19(25)12-15;/h1-5,12-13H,6-11,14H2,(H,26,30)(H,27,31);1H. The quantitative estimate of drug-likeness (QED) is 0.708. The SMILES string of the molecule is Cl.O=C(NCCN1CCC2(CC1)C(=O)NCN2c1cccc(F)c1)c1ccc(F)c(F)c1. The lowest BCUT2D eigenvalue weighted by Crippen LogP contribution is -2.57. The highest BCUT2D eigenvalue weighted by Gasteiger charge is 2.50. The number of carbonyl (C=O) groups excluding carboxylic acids is 2. The third kappa shape index (κ3) is 4.68. The van der Waals surface area contributed by atoms with E-state index >= 15 is 0 Å². The van der Waals surface area contributed by atoms with Crippen LogP contribution in [0.1, 0.15) is 23.2 Å². The van der Waals surface area contributed by atoms with Crippen LogP contribution in [0.3, 0.4) is 0 Å². The molecule has 2 heterocycles. The number of hydrogen-bond acceptors (Lipinski definition) is 4. The normalized spacial score (nSPS) is 17.7. The molecule has 2 amide bonds. The van der Waals surface area contributed by atoms with E-state index in [2.05, 4.69) is 15.5 Å². The van der Waals surface area contributed by atoms with Crippen molar-refractivity contribution in [3.63, 3.8) is 0 Å². The van der Waals surface area contributed by atoms with Gasteiger partial charge in [-0.2, -0.15) is 0 Å². The first-order valence-corrected chi connectivity index (χ1v) is 10.2. The van der Waals surface area contributed by atoms with E-state index < -0.39 is 23.1 Å². The molecule has 2 aromatic rings. The highest BCUT2D eigenvalue weighted by atomic mass is 35.5. The van der Waals surface area contributed by atoms with Crippen molar-refractivity contribution in [1.82, 2.24) is 15.5 Å². The monoisotopic (exact) mass is 468 g/mol. The van der Waals surface area contributed by atoms with Crippen LogP contribution in [0.2, 0.25) is 0 Å². The van der Waals surface area contributed by atoms with Crippen molar-refractivity contribution in [3.05, 3.63) is 65.5 Å². The lowest BCUT2D eigenvalue weighted by atomic mass is 9.85. The fourth-order valence-electron chi connectivity index (χ4n) is 4.28. The van der Waals surface area contributed by atoms with Crippen molar-refractivity contribution in [1.29, 1.82) is 0 Å². The summed E-state index contributed by atoms with van der Waals surface area (Å²) in [6.45, 7) is 2.52. The molecule has 10 heteroatoms. The summed E-state index contributed by atoms with van der Waals surface area (Å²) in [6.07, 6.45) is 1.15. The van der Waals surface area contributed by atoms with E-state index in [1.165, 1.54) is 18.2 Å². The second kappa shape index (κ2) is 9.79. The number of likely N-dealkylation sites (tertiary alicyclic amines) is 1. The van der Waals surface area contributed by atoms with Gasteiger partial charge in [0.1, 0.15) is 11.4 Å². The Hall–Kier alpha value is -2.78. The summed E-state index contributed by atoms with van der Waals surface area (Å²) in [4.78, 5) is 28.8. The van der Waals surface area contributed by atoms with E-state index in [9.17, 15) is 22.8 Å². The minimum absolute atomic E-state index is 0. The van der Waals surface area contributed by atoms with Crippen LogP contribution in [0.4, 0.5) is 18.9 Å². The van der Waals surface area contributed by atoms with E-state index in [-0.39, 0.29) is 29.7 Å². The first-order chi connectivity index (χ1) is 14.9. The van der Waals surface area contributed by atoms with E-state index in [0.717, 1.165) is 12.1 Å². The van der Waals surface area contributed by atoms with Gasteiger partial charge in [0.15, 0.2) is 11.6 Å². The minimum atomic E-state index is -1.06. The molecule has 2 N–H and O–H groups in total. The van der Waals surface area contributed by atoms with E-state index in [1.54, 1.807) is 12.1 Å². The molecule has 172 valence electrons. The summed E-state index contributed by atoms with van der Waals surface area (Å²) in [7, 11) is 0. The van der Waals surface area contributed by atoms with Crippen molar-refractivity contribution in [2.24, 2.45) is 0 Å². The summed E-state index contributed by atoms with van der Waals surface area (Å²) < 4.78 is 40.0. The van der Waals surface area contributed by atoms with Crippen LogP contribution in [0.15, 0.2) is 42.5 Å². The van der Waals surface area contributed by atoms with Gasteiger partial charge in [0.05, 0.1) is 6.67 Å². The predicted molar refractivity (Wildman–Crippen MR) is 116 cm³/mol. The fraction of sp³-hybridized carbons (Fsp3) is 0.364. The zero-order valence-electron chi connectivity index (χ0n) is 17.2. The van der Waals surface area contributed by atoms with Crippen LogP contribution in [-0.2, 0) is 4.79 Å². The van der Waals surface area contributed by atoms with Crippen molar-refractivity contribution in [2.45, 2.75) is 18.4 Å². The Morgan fingerprint density at radius 2 is 1.81 bits per heavy atom. The Morgan fingerprint density at radius 1 is 1.06 bits per heavy atom. The maximum Gasteiger partial charge on any atom is 0.251 e. The molecule has 32 heavy (non-hydrogen) atoms. The molecule has 2 aliphatic rings. The molecule has 0 saturated carbocycles. The first kappa shape index (κ1) is 23.9. The second-order valence-corrected chi connectivity index (χ2v) is 7.83. The molecule has 1 spiro atoms. The number of rotatable bonds is 5. The van der Waals surface area contributed by atoms with E-state index in [0.29, 0.717) is 51.4 Å². The van der Waals surface area contributed by atoms with Crippen molar-refractivity contribution in [2.75, 3.05) is 37.7 Å². The van der Waals surface area contributed by atoms with Crippen LogP contribution in [0, 0.1) is 17.5 Å². The molecular weight excluding hydrogens is 445 g/mol. The molecule has 2 aliphatic heterocycles. The topological polar surface area (TPSA) is 64.7 Å². The number of anilines is 1. The zero-order chi connectivity index (χ0) is 22.0. The largest absolute Gasteiger partial charge is 0.351 e. The highest BCUT2D eigenvalue weighted by Crippen LogP contribution is 2.36. The maximum atomic E-state index is 13.7. The molecule has 2 saturated heterocycles. The Kier molecular flexibility index (Phi) is 7.30. The molecular formula is C22H24ClF3N4O2. The molecule has 2 aromatic carbocycles. The Bertz CT molecular complexity index is 999. The van der Waals surface area contributed by atoms with E-state index in [4.69, 9.17) is 0 Å². The molecule has 0 aromatic heterocycles. The van der Waals surface area contributed by atoms with Gasteiger partial charge in [0.25, 0.3) is 5.91 Å². The predicted octanol–water partition coefficient (Wildman–Crippen LogP) is 2.68. The Labute approximate surface area is 190 Å². The lowest BCUT2D eigenvalue weighted by Gasteiger charge is -2.43. The number of halogens is 4. The number of nitrogens with zero attached hydrogens (tertiary/aromatic N) is 2. The fourth-order valence-corrected chi connectivity index (χ4v) is 4.28. The van der Waals surface area contributed by atoms with Crippen molar-refractivity contribution in [3.8, 4) is 0 Å². The number of carbonyl (C=O) groups is 2. The van der Waals surface area contributed by atoms with Gasteiger partial charge in [-0.15, -0.1) is 12.4 Å². The summed E-state index contributed by atoms with van der Waals surface area (Å²) in [5.74, 6) is -2.93. The third-order valence-electron chi connectivity index (χ3n) is 6.04. The van der Waals surface area contributed by atoms with E-state index in [1.807, 2.05) is 4.90 Å². The van der Waals surface area contributed by atoms with Crippen molar-refractivity contribution >= 4 is 29.9 Å². The van der Waals surface area contributed by atoms with Gasteiger partial charge in [-0.05, 0) is 49.2 Å². The Balaban J connectivity index is 0.00000289. The van der Waals surface area contributed by atoms with Crippen LogP contribution in [0.5, 0.6) is 0 Å². The van der Waals surface area contributed by atoms with Gasteiger partial charge in [0.2, 0.25) is 5.91 Å². The van der Waals surface area contributed by atoms with Crippen molar-refractivity contribution < 1.29 is 22.8 Å². The molecule has 0 atom stereocenters. The van der Waals surface area contributed by atoms with Crippen LogP contribution < -0.4 is 15.5 Å². The molecule has 0 bridgehead atoms. The number of benzene rings is 2. The van der Waals surface area contributed by atoms with Gasteiger partial charge < -0.3 is 20.4 Å². The van der Waals surface area contributed by atoms with Gasteiger partial charge in [-0.25, -0.2) is 13.2 Å². The second-order valence-electron chi connectivity index (χ2n) is 7.83. The number of amides is 2. The molecule has 4 rings (SSSR count). The average Bonchev–Trinajstić information content (AvgIpc) is 3.07. The number of hydrogen-bond donors (Lipinski definition) is 2. The average molecular weight is 469 g/mol. The van der Waals surface area contributed by atoms with Crippen LogP contribution >= 0.6 is 12.4 Å². The van der Waals surface area contributed by atoms with Gasteiger partial charge in [0, 0.05) is 37.4 Å². The highest BCUT2D eigenvalue weighted by molar-refractivity contribution is 5.94. The molecule has 2 fully saturated rings. The minimum Gasteiger partial charge on any atom is -0.351 e. The van der Waals surface area contributed by atoms with Gasteiger partial charge in [-0.1, -0.05) is 6.07 Å². The number of piperidine rings is 1. The summed E-state index contributed by atoms with van der Waals surface area (Å²) in [6, 6.07) is 9.26. The summed E-state index contributed by atoms with van der Waals surface area (Å²) in [5.41, 5.74) is 0.0228. The first-order valence-electron chi connectivity index (χ1n) is 10.2. The van der Waals surface area contributed by atoms with Gasteiger partial charge in [-0.3, -0.25) is 9.59 Å². The zero-order valence-corrected chi connectivity index (χ0v) is 18.1. The number of nitrogens with one attached hydrogen (secondary N) is 2. The van der Waals surface area contributed by atoms with Crippen LogP contribution in [0.25, 0.3) is 0 Å². The summed E-state index contributed by atoms with van der Waals surface area (Å²) in [5, 5.41) is 5.58.